The predicted octanol–water partition coefficient (Wildman–Crippen LogP) is 2.38. The number of nitrogens with zero attached hydrogens (tertiary/aromatic N) is 1. The third-order valence-corrected chi connectivity index (χ3v) is 3.90. The van der Waals surface area contributed by atoms with Crippen LogP contribution in [0.1, 0.15) is 12.0 Å². The maximum absolute atomic E-state index is 12.2. The lowest BCUT2D eigenvalue weighted by Crippen LogP contribution is -2.49. The number of alkyl halides is 1. The fourth-order valence-electron chi connectivity index (χ4n) is 2.18. The zero-order chi connectivity index (χ0) is 15.1. The summed E-state index contributed by atoms with van der Waals surface area (Å²) in [6.45, 7) is 1.53. The molecule has 1 aromatic carbocycles. The van der Waals surface area contributed by atoms with Gasteiger partial charge in [-0.1, -0.05) is 46.3 Å². The number of benzene rings is 1. The van der Waals surface area contributed by atoms with E-state index in [0.29, 0.717) is 19.8 Å². The number of rotatable bonds is 5. The smallest absolute Gasteiger partial charge is 0.410 e. The average molecular weight is 356 g/mol. The Kier molecular flexibility index (Phi) is 6.20. The molecule has 1 aliphatic rings. The van der Waals surface area contributed by atoms with Gasteiger partial charge in [0.1, 0.15) is 12.4 Å². The van der Waals surface area contributed by atoms with Crippen molar-refractivity contribution in [3.63, 3.8) is 0 Å². The van der Waals surface area contributed by atoms with Crippen molar-refractivity contribution < 1.29 is 19.1 Å². The van der Waals surface area contributed by atoms with E-state index >= 15 is 0 Å². The number of hydrogen-bond acceptors (Lipinski definition) is 4. The lowest BCUT2D eigenvalue weighted by atomic mass is 10.1. The Morgan fingerprint density at radius 3 is 2.81 bits per heavy atom. The van der Waals surface area contributed by atoms with Crippen LogP contribution in [-0.4, -0.2) is 47.9 Å². The van der Waals surface area contributed by atoms with E-state index in [1.54, 1.807) is 4.90 Å². The number of ketones is 1. The van der Waals surface area contributed by atoms with Gasteiger partial charge in [-0.2, -0.15) is 0 Å². The van der Waals surface area contributed by atoms with Gasteiger partial charge >= 0.3 is 6.09 Å². The monoisotopic (exact) mass is 355 g/mol. The Balaban J connectivity index is 1.90. The molecule has 1 fully saturated rings. The molecule has 0 N–H and O–H groups in total. The molecule has 114 valence electrons. The van der Waals surface area contributed by atoms with Gasteiger partial charge in [-0.3, -0.25) is 4.79 Å². The molecule has 1 aromatic rings. The minimum absolute atomic E-state index is 0.0476. The van der Waals surface area contributed by atoms with E-state index in [-0.39, 0.29) is 30.2 Å². The topological polar surface area (TPSA) is 55.8 Å². The molecule has 0 saturated carbocycles. The van der Waals surface area contributed by atoms with Crippen molar-refractivity contribution in [3.05, 3.63) is 35.9 Å². The van der Waals surface area contributed by atoms with Crippen molar-refractivity contribution in [1.29, 1.82) is 0 Å². The second-order valence-electron chi connectivity index (χ2n) is 4.84. The molecule has 0 bridgehead atoms. The third-order valence-electron chi connectivity index (χ3n) is 3.28. The largest absolute Gasteiger partial charge is 0.445 e. The molecule has 2 rings (SSSR count). The van der Waals surface area contributed by atoms with Crippen LogP contribution >= 0.6 is 15.9 Å². The van der Waals surface area contributed by atoms with Crippen LogP contribution in [0.4, 0.5) is 4.79 Å². The van der Waals surface area contributed by atoms with Crippen LogP contribution < -0.4 is 0 Å². The van der Waals surface area contributed by atoms with Crippen LogP contribution in [0.15, 0.2) is 30.3 Å². The molecule has 6 heteroatoms. The van der Waals surface area contributed by atoms with E-state index in [4.69, 9.17) is 9.47 Å². The summed E-state index contributed by atoms with van der Waals surface area (Å²) in [7, 11) is 0. The van der Waals surface area contributed by atoms with Crippen molar-refractivity contribution in [2.24, 2.45) is 0 Å². The number of carbonyl (C=O) groups is 2. The lowest BCUT2D eigenvalue weighted by Gasteiger charge is -2.34. The summed E-state index contributed by atoms with van der Waals surface area (Å²) in [6.07, 6.45) is -0.111. The Bertz CT molecular complexity index is 480. The number of carbonyl (C=O) groups excluding carboxylic acids is 2. The molecule has 1 atom stereocenters. The molecule has 0 radical (unpaired) electrons. The first kappa shape index (κ1) is 16.0. The molecule has 0 aromatic heterocycles. The second-order valence-corrected chi connectivity index (χ2v) is 5.40. The summed E-state index contributed by atoms with van der Waals surface area (Å²) >= 11 is 3.13. The Morgan fingerprint density at radius 2 is 2.10 bits per heavy atom. The van der Waals surface area contributed by atoms with Crippen LogP contribution in [0.5, 0.6) is 0 Å². The van der Waals surface area contributed by atoms with Gasteiger partial charge in [-0.15, -0.1) is 0 Å². The fourth-order valence-corrected chi connectivity index (χ4v) is 2.41. The first-order valence-electron chi connectivity index (χ1n) is 6.83. The van der Waals surface area contributed by atoms with Crippen molar-refractivity contribution in [1.82, 2.24) is 4.90 Å². The quantitative estimate of drug-likeness (QED) is 0.761. The van der Waals surface area contributed by atoms with Gasteiger partial charge in [0.15, 0.2) is 0 Å². The summed E-state index contributed by atoms with van der Waals surface area (Å²) in [4.78, 5) is 25.3. The molecule has 1 saturated heterocycles. The zero-order valence-corrected chi connectivity index (χ0v) is 13.3. The van der Waals surface area contributed by atoms with E-state index in [9.17, 15) is 9.59 Å². The number of morpholine rings is 1. The van der Waals surface area contributed by atoms with Gasteiger partial charge in [-0.05, 0) is 5.56 Å². The van der Waals surface area contributed by atoms with Gasteiger partial charge in [0.05, 0.1) is 24.6 Å². The van der Waals surface area contributed by atoms with Crippen molar-refractivity contribution in [3.8, 4) is 0 Å². The van der Waals surface area contributed by atoms with Gasteiger partial charge in [0.25, 0.3) is 0 Å². The number of ether oxygens (including phenoxy) is 2. The SMILES string of the molecule is O=C(CBr)CC1COCCN1C(=O)OCc1ccccc1. The highest BCUT2D eigenvalue weighted by Crippen LogP contribution is 2.14. The highest BCUT2D eigenvalue weighted by molar-refractivity contribution is 9.09. The number of Topliss-reactive ketones (excluding diaryl/α,β-unsaturated/α-hetero) is 1. The highest BCUT2D eigenvalue weighted by Gasteiger charge is 2.29. The van der Waals surface area contributed by atoms with Crippen LogP contribution in [-0.2, 0) is 20.9 Å². The first-order chi connectivity index (χ1) is 10.2. The summed E-state index contributed by atoms with van der Waals surface area (Å²) < 4.78 is 10.7. The van der Waals surface area contributed by atoms with Crippen molar-refractivity contribution >= 4 is 27.8 Å². The third kappa shape index (κ3) is 4.82. The van der Waals surface area contributed by atoms with E-state index in [0.717, 1.165) is 5.56 Å². The van der Waals surface area contributed by atoms with E-state index in [1.165, 1.54) is 0 Å². The van der Waals surface area contributed by atoms with Crippen LogP contribution in [0.2, 0.25) is 0 Å². The van der Waals surface area contributed by atoms with Crippen LogP contribution in [0.25, 0.3) is 0 Å². The van der Waals surface area contributed by atoms with Crippen LogP contribution in [0, 0.1) is 0 Å². The number of amides is 1. The maximum atomic E-state index is 12.2. The molecule has 21 heavy (non-hydrogen) atoms. The molecule has 1 heterocycles. The van der Waals surface area contributed by atoms with E-state index in [1.807, 2.05) is 30.3 Å². The average Bonchev–Trinajstić information content (AvgIpc) is 2.54. The van der Waals surface area contributed by atoms with Gasteiger partial charge in [0, 0.05) is 13.0 Å². The minimum atomic E-state index is -0.394. The van der Waals surface area contributed by atoms with Crippen LogP contribution in [0.3, 0.4) is 0 Å². The molecule has 0 spiro atoms. The lowest BCUT2D eigenvalue weighted by molar-refractivity contribution is -0.119. The van der Waals surface area contributed by atoms with Gasteiger partial charge in [-0.25, -0.2) is 4.79 Å². The molecular weight excluding hydrogens is 338 g/mol. The number of hydrogen-bond donors (Lipinski definition) is 0. The Hall–Kier alpha value is -1.40. The summed E-state index contributed by atoms with van der Waals surface area (Å²) in [5.74, 6) is 0.0476. The zero-order valence-electron chi connectivity index (χ0n) is 11.7. The van der Waals surface area contributed by atoms with Crippen molar-refractivity contribution in [2.75, 3.05) is 25.1 Å². The summed E-state index contributed by atoms with van der Waals surface area (Å²) in [5.41, 5.74) is 0.937. The van der Waals surface area contributed by atoms with Gasteiger partial charge < -0.3 is 14.4 Å². The molecule has 5 nitrogen and oxygen atoms in total. The molecular formula is C15H18BrNO4. The molecule has 1 amide bonds. The Morgan fingerprint density at radius 1 is 1.33 bits per heavy atom. The first-order valence-corrected chi connectivity index (χ1v) is 7.95. The highest BCUT2D eigenvalue weighted by atomic mass is 79.9. The molecule has 1 aliphatic heterocycles. The maximum Gasteiger partial charge on any atom is 0.410 e. The van der Waals surface area contributed by atoms with E-state index < -0.39 is 6.09 Å². The standard InChI is InChI=1S/C15H18BrNO4/c16-9-14(18)8-13-11-20-7-6-17(13)15(19)21-10-12-4-2-1-3-5-12/h1-5,13H,6-11H2. The summed E-state index contributed by atoms with van der Waals surface area (Å²) in [5, 5.41) is 0.288. The minimum Gasteiger partial charge on any atom is -0.445 e. The fraction of sp³-hybridized carbons (Fsp3) is 0.467. The van der Waals surface area contributed by atoms with Crippen molar-refractivity contribution in [2.45, 2.75) is 19.1 Å². The van der Waals surface area contributed by atoms with Gasteiger partial charge in [0.2, 0.25) is 0 Å². The predicted molar refractivity (Wildman–Crippen MR) is 81.4 cm³/mol. The Labute approximate surface area is 132 Å². The van der Waals surface area contributed by atoms with E-state index in [2.05, 4.69) is 15.9 Å². The summed E-state index contributed by atoms with van der Waals surface area (Å²) in [6, 6.07) is 9.27. The molecule has 0 aliphatic carbocycles. The normalized spacial score (nSPS) is 18.3. The number of halogens is 1. The molecule has 1 unspecified atom stereocenters. The second kappa shape index (κ2) is 8.14.